The first-order valence-corrected chi connectivity index (χ1v) is 10.7. The molecule has 9 nitrogen and oxygen atoms in total. The third-order valence-corrected chi connectivity index (χ3v) is 5.64. The third-order valence-electron chi connectivity index (χ3n) is 4.45. The van der Waals surface area contributed by atoms with Crippen molar-refractivity contribution < 1.29 is 19.7 Å². The van der Waals surface area contributed by atoms with E-state index in [2.05, 4.69) is 15.6 Å². The van der Waals surface area contributed by atoms with Gasteiger partial charge in [-0.3, -0.25) is 4.79 Å². The Bertz CT molecular complexity index is 1320. The van der Waals surface area contributed by atoms with Crippen LogP contribution in [-0.2, 0) is 12.3 Å². The average Bonchev–Trinajstić information content (AvgIpc) is 3.18. The van der Waals surface area contributed by atoms with Crippen molar-refractivity contribution >= 4 is 23.4 Å². The zero-order chi connectivity index (χ0) is 22.7. The van der Waals surface area contributed by atoms with Crippen LogP contribution in [0.4, 0.5) is 0 Å². The minimum Gasteiger partial charge on any atom is -0.504 e. The molecule has 11 heteroatoms. The molecule has 0 saturated carbocycles. The number of aromatic nitrogens is 3. The maximum absolute atomic E-state index is 11.6. The Labute approximate surface area is 190 Å². The van der Waals surface area contributed by atoms with Crippen LogP contribution in [0.5, 0.6) is 17.2 Å². The summed E-state index contributed by atoms with van der Waals surface area (Å²) in [5, 5.41) is 38.6. The smallest absolute Gasteiger partial charge is 0.226 e. The molecule has 4 rings (SSSR count). The van der Waals surface area contributed by atoms with Crippen molar-refractivity contribution in [3.8, 4) is 28.6 Å². The quantitative estimate of drug-likeness (QED) is 0.234. The van der Waals surface area contributed by atoms with E-state index >= 15 is 0 Å². The van der Waals surface area contributed by atoms with Gasteiger partial charge < -0.3 is 25.2 Å². The molecule has 4 aromatic rings. The molecule has 0 spiro atoms. The van der Waals surface area contributed by atoms with Crippen LogP contribution < -0.4 is 10.9 Å². The van der Waals surface area contributed by atoms with Crippen LogP contribution in [0.25, 0.3) is 11.4 Å². The zero-order valence-electron chi connectivity index (χ0n) is 16.4. The van der Waals surface area contributed by atoms with Crippen molar-refractivity contribution in [2.24, 2.45) is 0 Å². The highest BCUT2D eigenvalue weighted by Gasteiger charge is 2.17. The van der Waals surface area contributed by atoms with E-state index in [9.17, 15) is 20.1 Å². The van der Waals surface area contributed by atoms with Gasteiger partial charge in [0, 0.05) is 22.2 Å². The molecule has 0 atom stereocenters. The van der Waals surface area contributed by atoms with E-state index in [4.69, 9.17) is 16.0 Å². The maximum Gasteiger partial charge on any atom is 0.226 e. The van der Waals surface area contributed by atoms with Gasteiger partial charge in [0.2, 0.25) is 10.6 Å². The minimum atomic E-state index is -0.537. The summed E-state index contributed by atoms with van der Waals surface area (Å²) in [6.07, 6.45) is 0.989. The van der Waals surface area contributed by atoms with Gasteiger partial charge in [-0.05, 0) is 18.2 Å². The number of rotatable bonds is 7. The monoisotopic (exact) mass is 472 g/mol. The second kappa shape index (κ2) is 9.25. The number of halogens is 1. The van der Waals surface area contributed by atoms with Gasteiger partial charge in [-0.15, -0.1) is 10.2 Å². The van der Waals surface area contributed by atoms with Crippen LogP contribution in [-0.4, -0.2) is 30.2 Å². The molecule has 4 N–H and O–H groups in total. The topological polar surface area (TPSA) is 134 Å². The Kier molecular flexibility index (Phi) is 6.24. The van der Waals surface area contributed by atoms with Gasteiger partial charge in [0.05, 0.1) is 12.3 Å². The van der Waals surface area contributed by atoms with E-state index in [1.807, 2.05) is 6.07 Å². The van der Waals surface area contributed by atoms with Crippen LogP contribution in [0, 0.1) is 0 Å². The molecule has 0 radical (unpaired) electrons. The van der Waals surface area contributed by atoms with E-state index < -0.39 is 11.2 Å². The van der Waals surface area contributed by atoms with Gasteiger partial charge in [0.15, 0.2) is 23.1 Å². The molecule has 0 aliphatic carbocycles. The molecule has 0 saturated heterocycles. The molecule has 0 aliphatic rings. The van der Waals surface area contributed by atoms with Crippen molar-refractivity contribution in [2.75, 3.05) is 5.43 Å². The summed E-state index contributed by atoms with van der Waals surface area (Å²) in [6, 6.07) is 13.0. The molecular weight excluding hydrogens is 456 g/mol. The molecule has 2 aromatic carbocycles. The first kappa shape index (κ1) is 21.6. The summed E-state index contributed by atoms with van der Waals surface area (Å²) in [5.41, 5.74) is 3.79. The number of phenolic OH excluding ortho intramolecular Hbond substituents is 2. The lowest BCUT2D eigenvalue weighted by Crippen LogP contribution is -2.17. The zero-order valence-corrected chi connectivity index (χ0v) is 18.0. The van der Waals surface area contributed by atoms with Crippen molar-refractivity contribution in [2.45, 2.75) is 17.5 Å². The fourth-order valence-corrected chi connectivity index (χ4v) is 3.85. The van der Waals surface area contributed by atoms with E-state index in [1.165, 1.54) is 23.9 Å². The first-order chi connectivity index (χ1) is 15.4. The van der Waals surface area contributed by atoms with Gasteiger partial charge in [0.1, 0.15) is 12.0 Å². The molecule has 0 fully saturated rings. The predicted molar refractivity (Wildman–Crippen MR) is 120 cm³/mol. The Balaban J connectivity index is 1.64. The van der Waals surface area contributed by atoms with Crippen molar-refractivity contribution in [3.63, 3.8) is 0 Å². The largest absolute Gasteiger partial charge is 0.504 e. The SMILES string of the molecule is O=c1cc(CSc2nnc(-c3cccc(Cl)c3)n2NCc2cccc(O)c2O)occ1O. The highest BCUT2D eigenvalue weighted by atomic mass is 35.5. The molecule has 0 amide bonds. The van der Waals surface area contributed by atoms with Crippen molar-refractivity contribution in [3.05, 3.63) is 81.4 Å². The lowest BCUT2D eigenvalue weighted by Gasteiger charge is -2.14. The van der Waals surface area contributed by atoms with Crippen molar-refractivity contribution in [1.29, 1.82) is 0 Å². The first-order valence-electron chi connectivity index (χ1n) is 9.31. The van der Waals surface area contributed by atoms with Crippen molar-refractivity contribution in [1.82, 2.24) is 14.9 Å². The summed E-state index contributed by atoms with van der Waals surface area (Å²) in [5.74, 6) is 0.168. The summed E-state index contributed by atoms with van der Waals surface area (Å²) in [7, 11) is 0. The van der Waals surface area contributed by atoms with Crippen LogP contribution >= 0.6 is 23.4 Å². The molecular formula is C21H17ClN4O5S. The summed E-state index contributed by atoms with van der Waals surface area (Å²) < 4.78 is 6.86. The van der Waals surface area contributed by atoms with Crippen LogP contribution in [0.1, 0.15) is 11.3 Å². The highest BCUT2D eigenvalue weighted by molar-refractivity contribution is 7.98. The van der Waals surface area contributed by atoms with Gasteiger partial charge in [-0.1, -0.05) is 47.6 Å². The Morgan fingerprint density at radius 1 is 1.06 bits per heavy atom. The molecule has 2 aromatic heterocycles. The summed E-state index contributed by atoms with van der Waals surface area (Å²) >= 11 is 7.37. The molecule has 164 valence electrons. The Morgan fingerprint density at radius 2 is 1.88 bits per heavy atom. The number of para-hydroxylation sites is 1. The fraction of sp³-hybridized carbons (Fsp3) is 0.0952. The summed E-state index contributed by atoms with van der Waals surface area (Å²) in [6.45, 7) is 0.160. The second-order valence-electron chi connectivity index (χ2n) is 6.66. The number of hydrogen-bond donors (Lipinski definition) is 4. The number of thioether (sulfide) groups is 1. The van der Waals surface area contributed by atoms with Gasteiger partial charge >= 0.3 is 0 Å². The lowest BCUT2D eigenvalue weighted by molar-refractivity contribution is 0.399. The number of phenols is 2. The number of nitrogens with zero attached hydrogens (tertiary/aromatic N) is 3. The number of hydrogen-bond acceptors (Lipinski definition) is 9. The highest BCUT2D eigenvalue weighted by Crippen LogP contribution is 2.30. The number of aromatic hydroxyl groups is 3. The average molecular weight is 473 g/mol. The lowest BCUT2D eigenvalue weighted by atomic mass is 10.2. The Morgan fingerprint density at radius 3 is 2.66 bits per heavy atom. The van der Waals surface area contributed by atoms with Crippen LogP contribution in [0.15, 0.2) is 69.2 Å². The van der Waals surface area contributed by atoms with E-state index in [-0.39, 0.29) is 23.8 Å². The second-order valence-corrected chi connectivity index (χ2v) is 8.04. The molecule has 0 unspecified atom stereocenters. The van der Waals surface area contributed by atoms with Gasteiger partial charge in [0.25, 0.3) is 0 Å². The molecule has 0 aliphatic heterocycles. The van der Waals surface area contributed by atoms with E-state index in [1.54, 1.807) is 35.0 Å². The van der Waals surface area contributed by atoms with E-state index in [0.717, 1.165) is 6.26 Å². The Hall–Kier alpha value is -3.63. The molecule has 0 bridgehead atoms. The maximum atomic E-state index is 11.6. The standard InChI is InChI=1S/C21H17ClN4O5S/c22-14-5-1-3-12(7-14)20-24-25-21(32-11-15-8-17(28)18(29)10-31-15)26(20)23-9-13-4-2-6-16(27)19(13)30/h1-8,10,23,27,29-30H,9,11H2. The normalized spacial score (nSPS) is 10.9. The molecule has 32 heavy (non-hydrogen) atoms. The fourth-order valence-electron chi connectivity index (χ4n) is 2.86. The van der Waals surface area contributed by atoms with Gasteiger partial charge in [-0.2, -0.15) is 0 Å². The van der Waals surface area contributed by atoms with Crippen LogP contribution in [0.3, 0.4) is 0 Å². The third kappa shape index (κ3) is 4.66. The number of nitrogens with one attached hydrogen (secondary N) is 1. The van der Waals surface area contributed by atoms with Crippen LogP contribution in [0.2, 0.25) is 5.02 Å². The number of benzene rings is 2. The summed E-state index contributed by atoms with van der Waals surface area (Å²) in [4.78, 5) is 11.6. The predicted octanol–water partition coefficient (Wildman–Crippen LogP) is 3.70. The molecule has 2 heterocycles. The minimum absolute atomic E-state index is 0.160. The van der Waals surface area contributed by atoms with E-state index in [0.29, 0.717) is 32.9 Å². The van der Waals surface area contributed by atoms with Gasteiger partial charge in [-0.25, -0.2) is 4.68 Å².